The molecule has 0 aliphatic rings. The number of nitrogens with two attached hydrogens (primary N) is 1. The van der Waals surface area contributed by atoms with Gasteiger partial charge in [0.05, 0.1) is 11.2 Å². The fraction of sp³-hybridized carbons (Fsp3) is 0.250. The summed E-state index contributed by atoms with van der Waals surface area (Å²) < 4.78 is 11.0. The molecule has 0 saturated heterocycles. The summed E-state index contributed by atoms with van der Waals surface area (Å²) in [6.45, 7) is 0.450. The van der Waals surface area contributed by atoms with Crippen molar-refractivity contribution in [2.24, 2.45) is 5.73 Å². The summed E-state index contributed by atoms with van der Waals surface area (Å²) in [5, 5.41) is 1.03. The van der Waals surface area contributed by atoms with Crippen LogP contribution in [0.15, 0.2) is 35.1 Å². The molecule has 0 radical (unpaired) electrons. The zero-order valence-electron chi connectivity index (χ0n) is 9.48. The number of hydrogen-bond acceptors (Lipinski definition) is 4. The summed E-state index contributed by atoms with van der Waals surface area (Å²) in [4.78, 5) is 4.06. The molecule has 0 saturated carbocycles. The van der Waals surface area contributed by atoms with Crippen molar-refractivity contribution in [3.8, 4) is 5.75 Å². The highest BCUT2D eigenvalue weighted by Gasteiger charge is 2.18. The van der Waals surface area contributed by atoms with Crippen molar-refractivity contribution in [3.05, 3.63) is 46.6 Å². The summed E-state index contributed by atoms with van der Waals surface area (Å²) in [6.07, 6.45) is 3.24. The highest BCUT2D eigenvalue weighted by Crippen LogP contribution is 2.32. The molecule has 1 aromatic carbocycles. The Morgan fingerprint density at radius 1 is 1.39 bits per heavy atom. The number of halogens is 2. The van der Waals surface area contributed by atoms with Gasteiger partial charge in [-0.25, -0.2) is 4.98 Å². The highest BCUT2D eigenvalue weighted by atomic mass is 35.5. The first kappa shape index (κ1) is 13.2. The zero-order chi connectivity index (χ0) is 13.0. The average molecular weight is 287 g/mol. The van der Waals surface area contributed by atoms with E-state index in [9.17, 15) is 0 Å². The minimum absolute atomic E-state index is 0.374. The van der Waals surface area contributed by atoms with E-state index >= 15 is 0 Å². The molecule has 0 aliphatic heterocycles. The van der Waals surface area contributed by atoms with Gasteiger partial charge in [-0.3, -0.25) is 0 Å². The number of oxazole rings is 1. The van der Waals surface area contributed by atoms with Gasteiger partial charge in [0.1, 0.15) is 12.0 Å². The molecule has 0 spiro atoms. The van der Waals surface area contributed by atoms with Crippen molar-refractivity contribution in [2.45, 2.75) is 12.5 Å². The van der Waals surface area contributed by atoms with Crippen LogP contribution < -0.4 is 10.5 Å². The van der Waals surface area contributed by atoms with Crippen LogP contribution >= 0.6 is 23.2 Å². The molecule has 0 aliphatic carbocycles. The Hall–Kier alpha value is -1.23. The molecule has 0 bridgehead atoms. The Morgan fingerprint density at radius 3 is 2.89 bits per heavy atom. The van der Waals surface area contributed by atoms with Crippen LogP contribution in [0.5, 0.6) is 5.75 Å². The van der Waals surface area contributed by atoms with Crippen LogP contribution in [0.4, 0.5) is 0 Å². The van der Waals surface area contributed by atoms with Crippen LogP contribution in [-0.2, 0) is 0 Å². The monoisotopic (exact) mass is 286 g/mol. The molecule has 0 amide bonds. The molecule has 1 atom stereocenters. The first-order valence-corrected chi connectivity index (χ1v) is 6.17. The van der Waals surface area contributed by atoms with Gasteiger partial charge in [0.15, 0.2) is 6.10 Å². The fourth-order valence-corrected chi connectivity index (χ4v) is 1.82. The molecule has 0 fully saturated rings. The first-order valence-electron chi connectivity index (χ1n) is 5.42. The molecule has 6 heteroatoms. The van der Waals surface area contributed by atoms with Crippen molar-refractivity contribution < 1.29 is 9.15 Å². The van der Waals surface area contributed by atoms with Gasteiger partial charge in [-0.15, -0.1) is 0 Å². The largest absolute Gasteiger partial charge is 0.479 e. The van der Waals surface area contributed by atoms with E-state index in [1.165, 1.54) is 6.26 Å². The number of aromatic nitrogens is 1. The molecular formula is C12H12Cl2N2O2. The second kappa shape index (κ2) is 6.09. The van der Waals surface area contributed by atoms with Crippen molar-refractivity contribution in [3.63, 3.8) is 0 Å². The van der Waals surface area contributed by atoms with E-state index in [1.54, 1.807) is 24.4 Å². The van der Waals surface area contributed by atoms with Gasteiger partial charge in [-0.2, -0.15) is 0 Å². The van der Waals surface area contributed by atoms with Gasteiger partial charge < -0.3 is 14.9 Å². The molecule has 96 valence electrons. The van der Waals surface area contributed by atoms with E-state index in [0.717, 1.165) is 0 Å². The Morgan fingerprint density at radius 2 is 2.22 bits per heavy atom. The highest BCUT2D eigenvalue weighted by molar-refractivity contribution is 6.34. The van der Waals surface area contributed by atoms with Gasteiger partial charge in [0, 0.05) is 17.5 Å². The normalized spacial score (nSPS) is 12.4. The third-order valence-electron chi connectivity index (χ3n) is 2.32. The molecule has 2 rings (SSSR count). The van der Waals surface area contributed by atoms with Crippen LogP contribution in [0.3, 0.4) is 0 Å². The number of benzene rings is 1. The van der Waals surface area contributed by atoms with E-state index < -0.39 is 0 Å². The second-order valence-corrected chi connectivity index (χ2v) is 4.47. The van der Waals surface area contributed by atoms with E-state index in [4.69, 9.17) is 38.1 Å². The van der Waals surface area contributed by atoms with Crippen LogP contribution in [-0.4, -0.2) is 11.5 Å². The lowest BCUT2D eigenvalue weighted by Crippen LogP contribution is -2.13. The lowest BCUT2D eigenvalue weighted by molar-refractivity contribution is 0.162. The molecule has 1 heterocycles. The molecule has 2 aromatic rings. The third kappa shape index (κ3) is 3.16. The zero-order valence-corrected chi connectivity index (χ0v) is 11.0. The maximum atomic E-state index is 6.04. The van der Waals surface area contributed by atoms with Crippen molar-refractivity contribution in [2.75, 3.05) is 6.54 Å². The van der Waals surface area contributed by atoms with Gasteiger partial charge in [-0.05, 0) is 18.7 Å². The van der Waals surface area contributed by atoms with Crippen LogP contribution in [0.25, 0.3) is 0 Å². The average Bonchev–Trinajstić information content (AvgIpc) is 2.87. The molecule has 1 aromatic heterocycles. The predicted molar refractivity (Wildman–Crippen MR) is 70.0 cm³/mol. The minimum Gasteiger partial charge on any atom is -0.479 e. The Kier molecular flexibility index (Phi) is 4.47. The minimum atomic E-state index is -0.374. The van der Waals surface area contributed by atoms with E-state index in [-0.39, 0.29) is 6.10 Å². The molecule has 1 unspecified atom stereocenters. The SMILES string of the molecule is NCCC(Oc1cc(Cl)ccc1Cl)c1ncco1. The fourth-order valence-electron chi connectivity index (χ4n) is 1.50. The maximum absolute atomic E-state index is 6.04. The lowest BCUT2D eigenvalue weighted by Gasteiger charge is -2.16. The second-order valence-electron chi connectivity index (χ2n) is 3.63. The van der Waals surface area contributed by atoms with Crippen LogP contribution in [0, 0.1) is 0 Å². The Balaban J connectivity index is 2.21. The summed E-state index contributed by atoms with van der Waals surface area (Å²) in [5.41, 5.74) is 5.55. The standard InChI is InChI=1S/C12H12Cl2N2O2/c13-8-1-2-9(14)11(7-8)18-10(3-4-15)12-16-5-6-17-12/h1-2,5-7,10H,3-4,15H2. The van der Waals surface area contributed by atoms with Gasteiger partial charge >= 0.3 is 0 Å². The predicted octanol–water partition coefficient (Wildman–Crippen LogP) is 3.45. The van der Waals surface area contributed by atoms with Crippen molar-refractivity contribution >= 4 is 23.2 Å². The van der Waals surface area contributed by atoms with E-state index in [2.05, 4.69) is 4.98 Å². The smallest absolute Gasteiger partial charge is 0.235 e. The summed E-state index contributed by atoms with van der Waals surface area (Å²) in [7, 11) is 0. The topological polar surface area (TPSA) is 61.3 Å². The number of rotatable bonds is 5. The third-order valence-corrected chi connectivity index (χ3v) is 2.87. The Bertz CT molecular complexity index is 503. The summed E-state index contributed by atoms with van der Waals surface area (Å²) in [6, 6.07) is 5.02. The van der Waals surface area contributed by atoms with Gasteiger partial charge in [0.25, 0.3) is 0 Å². The maximum Gasteiger partial charge on any atom is 0.235 e. The molecule has 4 nitrogen and oxygen atoms in total. The number of nitrogens with zero attached hydrogens (tertiary/aromatic N) is 1. The summed E-state index contributed by atoms with van der Waals surface area (Å²) >= 11 is 11.9. The summed E-state index contributed by atoms with van der Waals surface area (Å²) in [5.74, 6) is 0.956. The van der Waals surface area contributed by atoms with Crippen LogP contribution in [0.2, 0.25) is 10.0 Å². The van der Waals surface area contributed by atoms with E-state index in [0.29, 0.717) is 34.7 Å². The Labute approximate surface area is 115 Å². The van der Waals surface area contributed by atoms with E-state index in [1.807, 2.05) is 0 Å². The number of hydrogen-bond donors (Lipinski definition) is 1. The first-order chi connectivity index (χ1) is 8.70. The number of ether oxygens (including phenoxy) is 1. The van der Waals surface area contributed by atoms with Crippen LogP contribution in [0.1, 0.15) is 18.4 Å². The van der Waals surface area contributed by atoms with Crippen molar-refractivity contribution in [1.29, 1.82) is 0 Å². The lowest BCUT2D eigenvalue weighted by atomic mass is 10.2. The van der Waals surface area contributed by atoms with Crippen molar-refractivity contribution in [1.82, 2.24) is 4.98 Å². The molecule has 2 N–H and O–H groups in total. The molecular weight excluding hydrogens is 275 g/mol. The van der Waals surface area contributed by atoms with Gasteiger partial charge in [0.2, 0.25) is 5.89 Å². The quantitative estimate of drug-likeness (QED) is 0.914. The van der Waals surface area contributed by atoms with Gasteiger partial charge in [-0.1, -0.05) is 23.2 Å². The molecule has 18 heavy (non-hydrogen) atoms.